The maximum atomic E-state index is 6.29. The predicted molar refractivity (Wildman–Crippen MR) is 106 cm³/mol. The van der Waals surface area contributed by atoms with Crippen LogP contribution in [0.3, 0.4) is 0 Å². The summed E-state index contributed by atoms with van der Waals surface area (Å²) in [5, 5.41) is 8.32. The van der Waals surface area contributed by atoms with Gasteiger partial charge in [-0.05, 0) is 42.0 Å². The number of hydrazone groups is 1. The van der Waals surface area contributed by atoms with Crippen molar-refractivity contribution in [1.29, 1.82) is 0 Å². The van der Waals surface area contributed by atoms with E-state index >= 15 is 0 Å². The number of rotatable bonds is 2. The summed E-state index contributed by atoms with van der Waals surface area (Å²) >= 11 is 12.3. The molecule has 27 heavy (non-hydrogen) atoms. The fourth-order valence-corrected chi connectivity index (χ4v) is 3.92. The highest BCUT2D eigenvalue weighted by molar-refractivity contribution is 6.31. The molecule has 1 aromatic heterocycles. The fraction of sp³-hybridized carbons (Fsp3) is 0.143. The first-order chi connectivity index (χ1) is 13.2. The smallest absolute Gasteiger partial charge is 0.215 e. The van der Waals surface area contributed by atoms with Crippen molar-refractivity contribution in [3.63, 3.8) is 0 Å². The predicted octanol–water partition coefficient (Wildman–Crippen LogP) is 5.63. The number of hydrogen-bond acceptors (Lipinski definition) is 4. The number of benzene rings is 2. The van der Waals surface area contributed by atoms with Crippen molar-refractivity contribution in [1.82, 2.24) is 9.99 Å². The van der Waals surface area contributed by atoms with Gasteiger partial charge in [-0.25, -0.2) is 5.01 Å². The van der Waals surface area contributed by atoms with Crippen LogP contribution in [-0.2, 0) is 0 Å². The summed E-state index contributed by atoms with van der Waals surface area (Å²) < 4.78 is 6.29. The lowest BCUT2D eigenvalue weighted by Crippen LogP contribution is -2.33. The Labute approximate surface area is 167 Å². The zero-order chi connectivity index (χ0) is 18.4. The maximum Gasteiger partial charge on any atom is 0.215 e. The molecule has 0 spiro atoms. The molecule has 4 nitrogen and oxygen atoms in total. The van der Waals surface area contributed by atoms with Gasteiger partial charge < -0.3 is 4.74 Å². The van der Waals surface area contributed by atoms with Crippen LogP contribution in [-0.4, -0.2) is 15.7 Å². The van der Waals surface area contributed by atoms with E-state index in [-0.39, 0.29) is 12.3 Å². The first kappa shape index (κ1) is 16.6. The molecule has 3 heterocycles. The van der Waals surface area contributed by atoms with Crippen LogP contribution < -0.4 is 4.74 Å². The number of halogens is 2. The highest BCUT2D eigenvalue weighted by Gasteiger charge is 2.41. The molecule has 0 N–H and O–H groups in total. The largest absolute Gasteiger partial charge is 0.464 e. The Morgan fingerprint density at radius 1 is 1.00 bits per heavy atom. The summed E-state index contributed by atoms with van der Waals surface area (Å²) in [4.78, 5) is 4.24. The fourth-order valence-electron chi connectivity index (χ4n) is 3.62. The van der Waals surface area contributed by atoms with Crippen molar-refractivity contribution in [2.24, 2.45) is 5.10 Å². The molecule has 2 aromatic carbocycles. The van der Waals surface area contributed by atoms with Gasteiger partial charge >= 0.3 is 0 Å². The van der Waals surface area contributed by atoms with Gasteiger partial charge in [0, 0.05) is 40.0 Å². The molecule has 134 valence electrons. The minimum absolute atomic E-state index is 0.0586. The van der Waals surface area contributed by atoms with Crippen molar-refractivity contribution in [2.45, 2.75) is 18.7 Å². The molecule has 6 heteroatoms. The zero-order valence-corrected chi connectivity index (χ0v) is 15.7. The standard InChI is InChI=1S/C21H15Cl2N3O/c22-15-5-3-13(4-6-15)18-11-19-17-10-16(23)7-8-20(17)27-21(26(19)25-18)14-2-1-9-24-12-14/h1-10,12,19,21H,11H2. The van der Waals surface area contributed by atoms with E-state index in [9.17, 15) is 0 Å². The molecule has 0 aliphatic carbocycles. The lowest BCUT2D eigenvalue weighted by atomic mass is 9.96. The Morgan fingerprint density at radius 2 is 1.81 bits per heavy atom. The van der Waals surface area contributed by atoms with Crippen LogP contribution in [0, 0.1) is 0 Å². The van der Waals surface area contributed by atoms with E-state index in [1.165, 1.54) is 0 Å². The monoisotopic (exact) mass is 395 g/mol. The Bertz CT molecular complexity index is 1020. The molecule has 0 saturated heterocycles. The van der Waals surface area contributed by atoms with E-state index in [1.54, 1.807) is 6.20 Å². The molecule has 3 aromatic rings. The topological polar surface area (TPSA) is 37.7 Å². The second-order valence-electron chi connectivity index (χ2n) is 6.59. The summed E-state index contributed by atoms with van der Waals surface area (Å²) in [5.74, 6) is 0.835. The van der Waals surface area contributed by atoms with E-state index in [4.69, 9.17) is 33.0 Å². The van der Waals surface area contributed by atoms with Gasteiger partial charge in [-0.15, -0.1) is 0 Å². The average molecular weight is 396 g/mol. The third kappa shape index (κ3) is 2.95. The van der Waals surface area contributed by atoms with Crippen molar-refractivity contribution < 1.29 is 4.74 Å². The Hall–Kier alpha value is -2.56. The van der Waals surface area contributed by atoms with Crippen LogP contribution in [0.5, 0.6) is 5.75 Å². The van der Waals surface area contributed by atoms with E-state index < -0.39 is 0 Å². The summed E-state index contributed by atoms with van der Waals surface area (Å²) in [5.41, 5.74) is 4.07. The van der Waals surface area contributed by atoms with Gasteiger partial charge in [0.1, 0.15) is 5.75 Å². The number of hydrogen-bond donors (Lipinski definition) is 0. The zero-order valence-electron chi connectivity index (χ0n) is 14.2. The molecule has 0 amide bonds. The Morgan fingerprint density at radius 3 is 2.59 bits per heavy atom. The van der Waals surface area contributed by atoms with E-state index in [2.05, 4.69) is 4.98 Å². The molecule has 2 aliphatic heterocycles. The number of aromatic nitrogens is 1. The molecular weight excluding hydrogens is 381 g/mol. The molecule has 2 aliphatic rings. The van der Waals surface area contributed by atoms with Gasteiger partial charge in [-0.2, -0.15) is 5.10 Å². The average Bonchev–Trinajstić information content (AvgIpc) is 3.14. The van der Waals surface area contributed by atoms with Crippen LogP contribution in [0.15, 0.2) is 72.1 Å². The molecule has 5 rings (SSSR count). The second kappa shape index (κ2) is 6.55. The van der Waals surface area contributed by atoms with Gasteiger partial charge in [0.05, 0.1) is 11.8 Å². The molecule has 2 atom stereocenters. The van der Waals surface area contributed by atoms with Crippen LogP contribution in [0.1, 0.15) is 35.4 Å². The van der Waals surface area contributed by atoms with Crippen molar-refractivity contribution in [3.8, 4) is 5.75 Å². The molecule has 0 saturated carbocycles. The van der Waals surface area contributed by atoms with E-state index in [0.717, 1.165) is 34.6 Å². The summed E-state index contributed by atoms with van der Waals surface area (Å²) in [6, 6.07) is 17.5. The van der Waals surface area contributed by atoms with Gasteiger partial charge in [0.2, 0.25) is 6.23 Å². The third-order valence-corrected chi connectivity index (χ3v) is 5.39. The molecule has 0 fully saturated rings. The lowest BCUT2D eigenvalue weighted by Gasteiger charge is -2.38. The van der Waals surface area contributed by atoms with Gasteiger partial charge in [-0.1, -0.05) is 41.4 Å². The van der Waals surface area contributed by atoms with Crippen LogP contribution in [0.4, 0.5) is 0 Å². The number of nitrogens with zero attached hydrogens (tertiary/aromatic N) is 3. The van der Waals surface area contributed by atoms with Crippen LogP contribution >= 0.6 is 23.2 Å². The summed E-state index contributed by atoms with van der Waals surface area (Å²) in [6.45, 7) is 0. The highest BCUT2D eigenvalue weighted by Crippen LogP contribution is 2.48. The Kier molecular flexibility index (Phi) is 4.03. The number of ether oxygens (including phenoxy) is 1. The quantitative estimate of drug-likeness (QED) is 0.563. The minimum Gasteiger partial charge on any atom is -0.464 e. The number of fused-ring (bicyclic) bond motifs is 3. The number of pyridine rings is 1. The third-order valence-electron chi connectivity index (χ3n) is 4.90. The minimum atomic E-state index is -0.331. The van der Waals surface area contributed by atoms with Crippen molar-refractivity contribution in [2.75, 3.05) is 0 Å². The summed E-state index contributed by atoms with van der Waals surface area (Å²) in [6.07, 6.45) is 4.01. The van der Waals surface area contributed by atoms with Gasteiger partial charge in [0.15, 0.2) is 0 Å². The first-order valence-electron chi connectivity index (χ1n) is 8.67. The first-order valence-corrected chi connectivity index (χ1v) is 9.42. The maximum absolute atomic E-state index is 6.29. The summed E-state index contributed by atoms with van der Waals surface area (Å²) in [7, 11) is 0. The Balaban J connectivity index is 1.60. The van der Waals surface area contributed by atoms with E-state index in [0.29, 0.717) is 10.0 Å². The molecule has 0 bridgehead atoms. The molecule has 0 radical (unpaired) electrons. The second-order valence-corrected chi connectivity index (χ2v) is 7.47. The molecular formula is C21H15Cl2N3O. The normalized spacial score (nSPS) is 20.5. The highest BCUT2D eigenvalue weighted by atomic mass is 35.5. The van der Waals surface area contributed by atoms with Gasteiger partial charge in [-0.3, -0.25) is 4.98 Å². The van der Waals surface area contributed by atoms with Crippen LogP contribution in [0.25, 0.3) is 0 Å². The lowest BCUT2D eigenvalue weighted by molar-refractivity contribution is -0.0192. The van der Waals surface area contributed by atoms with Crippen molar-refractivity contribution >= 4 is 28.9 Å². The van der Waals surface area contributed by atoms with Crippen molar-refractivity contribution in [3.05, 3.63) is 93.7 Å². The van der Waals surface area contributed by atoms with E-state index in [1.807, 2.05) is 65.8 Å². The van der Waals surface area contributed by atoms with Crippen LogP contribution in [0.2, 0.25) is 10.0 Å². The van der Waals surface area contributed by atoms with Gasteiger partial charge in [0.25, 0.3) is 0 Å². The SMILES string of the molecule is Clc1ccc(C2=NN3C(C2)c2cc(Cl)ccc2OC3c2cccnc2)cc1. The molecule has 2 unspecified atom stereocenters.